The van der Waals surface area contributed by atoms with Gasteiger partial charge >= 0.3 is 0 Å². The van der Waals surface area contributed by atoms with Crippen molar-refractivity contribution in [2.24, 2.45) is 0 Å². The smallest absolute Gasteiger partial charge is 0.105 e. The summed E-state index contributed by atoms with van der Waals surface area (Å²) in [5.74, 6) is -0.0823. The van der Waals surface area contributed by atoms with Crippen LogP contribution in [0.5, 0.6) is 0 Å². The van der Waals surface area contributed by atoms with Gasteiger partial charge in [-0.05, 0) is 19.8 Å². The summed E-state index contributed by atoms with van der Waals surface area (Å²) in [6.45, 7) is 2.58. The van der Waals surface area contributed by atoms with Crippen molar-refractivity contribution in [2.45, 2.75) is 26.3 Å². The van der Waals surface area contributed by atoms with E-state index in [0.29, 0.717) is 13.0 Å². The molecule has 12 heavy (non-hydrogen) atoms. The van der Waals surface area contributed by atoms with E-state index in [4.69, 9.17) is 0 Å². The number of aryl methyl sites for hydroxylation is 2. The highest BCUT2D eigenvalue weighted by Gasteiger charge is 1.95. The minimum atomic E-state index is -0.993. The molecule has 0 fully saturated rings. The topological polar surface area (TPSA) is 58.0 Å². The van der Waals surface area contributed by atoms with Gasteiger partial charge in [0, 0.05) is 24.9 Å². The number of aliphatic carboxylic acids is 1. The molecule has 0 saturated heterocycles. The molecule has 0 aliphatic carbocycles. The van der Waals surface area contributed by atoms with Crippen LogP contribution in [0.4, 0.5) is 0 Å². The van der Waals surface area contributed by atoms with Crippen LogP contribution in [0.15, 0.2) is 12.4 Å². The summed E-state index contributed by atoms with van der Waals surface area (Å²) >= 11 is 0. The third-order valence-corrected chi connectivity index (χ3v) is 1.70. The van der Waals surface area contributed by atoms with E-state index in [-0.39, 0.29) is 6.42 Å². The summed E-state index contributed by atoms with van der Waals surface area (Å²) < 4.78 is 1.92. The Balaban J connectivity index is 2.33. The van der Waals surface area contributed by atoms with E-state index in [0.717, 1.165) is 5.82 Å². The lowest BCUT2D eigenvalue weighted by molar-refractivity contribution is -0.305. The zero-order valence-electron chi connectivity index (χ0n) is 6.99. The molecule has 0 bridgehead atoms. The van der Waals surface area contributed by atoms with Gasteiger partial charge in [-0.1, -0.05) is 0 Å². The van der Waals surface area contributed by atoms with Crippen LogP contribution < -0.4 is 5.11 Å². The van der Waals surface area contributed by atoms with Gasteiger partial charge in [0.1, 0.15) is 5.82 Å². The average molecular weight is 167 g/mol. The van der Waals surface area contributed by atoms with Gasteiger partial charge in [-0.3, -0.25) is 0 Å². The first kappa shape index (κ1) is 8.77. The van der Waals surface area contributed by atoms with Gasteiger partial charge in [0.15, 0.2) is 0 Å². The van der Waals surface area contributed by atoms with E-state index in [1.54, 1.807) is 6.20 Å². The summed E-state index contributed by atoms with van der Waals surface area (Å²) in [6, 6.07) is 0. The van der Waals surface area contributed by atoms with Gasteiger partial charge < -0.3 is 14.5 Å². The normalized spacial score (nSPS) is 10.1. The number of hydrogen-bond acceptors (Lipinski definition) is 3. The van der Waals surface area contributed by atoms with Crippen LogP contribution in [0.1, 0.15) is 18.7 Å². The van der Waals surface area contributed by atoms with Gasteiger partial charge in [0.05, 0.1) is 0 Å². The molecule has 1 aromatic heterocycles. The fourth-order valence-corrected chi connectivity index (χ4v) is 1.03. The first-order valence-electron chi connectivity index (χ1n) is 3.87. The zero-order valence-corrected chi connectivity index (χ0v) is 6.99. The van der Waals surface area contributed by atoms with Gasteiger partial charge in [-0.15, -0.1) is 0 Å². The Bertz CT molecular complexity index is 268. The van der Waals surface area contributed by atoms with E-state index in [9.17, 15) is 9.90 Å². The molecule has 1 heterocycles. The zero-order chi connectivity index (χ0) is 8.97. The molecule has 0 unspecified atom stereocenters. The highest BCUT2D eigenvalue weighted by molar-refractivity contribution is 5.64. The van der Waals surface area contributed by atoms with Crippen molar-refractivity contribution in [1.29, 1.82) is 0 Å². The van der Waals surface area contributed by atoms with Crippen molar-refractivity contribution in [3.63, 3.8) is 0 Å². The van der Waals surface area contributed by atoms with Crippen molar-refractivity contribution < 1.29 is 9.90 Å². The van der Waals surface area contributed by atoms with Crippen LogP contribution in [0.3, 0.4) is 0 Å². The molecule has 0 aliphatic heterocycles. The van der Waals surface area contributed by atoms with Crippen LogP contribution in [-0.4, -0.2) is 15.5 Å². The molecule has 0 spiro atoms. The number of carbonyl (C=O) groups is 1. The Kier molecular flexibility index (Phi) is 2.85. The van der Waals surface area contributed by atoms with Crippen molar-refractivity contribution in [3.8, 4) is 0 Å². The molecular weight excluding hydrogens is 156 g/mol. The highest BCUT2D eigenvalue weighted by Crippen LogP contribution is 1.98. The van der Waals surface area contributed by atoms with Crippen LogP contribution in [-0.2, 0) is 11.3 Å². The number of imidazole rings is 1. The summed E-state index contributed by atoms with van der Waals surface area (Å²) in [7, 11) is 0. The van der Waals surface area contributed by atoms with E-state index in [2.05, 4.69) is 4.98 Å². The van der Waals surface area contributed by atoms with Crippen molar-refractivity contribution in [3.05, 3.63) is 18.2 Å². The highest BCUT2D eigenvalue weighted by atomic mass is 16.4. The number of carbonyl (C=O) groups excluding carboxylic acids is 1. The first-order valence-corrected chi connectivity index (χ1v) is 3.87. The summed E-state index contributed by atoms with van der Waals surface area (Å²) in [6.07, 6.45) is 4.25. The van der Waals surface area contributed by atoms with Gasteiger partial charge in [0.25, 0.3) is 0 Å². The fourth-order valence-electron chi connectivity index (χ4n) is 1.03. The van der Waals surface area contributed by atoms with Crippen molar-refractivity contribution in [1.82, 2.24) is 9.55 Å². The van der Waals surface area contributed by atoms with Gasteiger partial charge in [-0.2, -0.15) is 0 Å². The second-order valence-corrected chi connectivity index (χ2v) is 2.64. The monoisotopic (exact) mass is 167 g/mol. The average Bonchev–Trinajstić information content (AvgIpc) is 2.36. The maximum Gasteiger partial charge on any atom is 0.105 e. The molecule has 1 aromatic rings. The molecule has 4 heteroatoms. The largest absolute Gasteiger partial charge is 0.550 e. The lowest BCUT2D eigenvalue weighted by Crippen LogP contribution is -2.22. The molecule has 0 aliphatic rings. The molecule has 0 atom stereocenters. The van der Waals surface area contributed by atoms with E-state index in [1.165, 1.54) is 0 Å². The number of rotatable bonds is 4. The minimum Gasteiger partial charge on any atom is -0.550 e. The van der Waals surface area contributed by atoms with E-state index >= 15 is 0 Å². The number of nitrogens with zero attached hydrogens (tertiary/aromatic N) is 2. The van der Waals surface area contributed by atoms with Crippen molar-refractivity contribution in [2.75, 3.05) is 0 Å². The maximum atomic E-state index is 10.1. The molecule has 0 radical (unpaired) electrons. The molecule has 4 nitrogen and oxygen atoms in total. The van der Waals surface area contributed by atoms with Crippen LogP contribution >= 0.6 is 0 Å². The van der Waals surface area contributed by atoms with Crippen LogP contribution in [0.2, 0.25) is 0 Å². The van der Waals surface area contributed by atoms with E-state index in [1.807, 2.05) is 17.7 Å². The Morgan fingerprint density at radius 2 is 2.50 bits per heavy atom. The summed E-state index contributed by atoms with van der Waals surface area (Å²) in [4.78, 5) is 14.1. The Morgan fingerprint density at radius 3 is 3.00 bits per heavy atom. The molecule has 0 amide bonds. The molecule has 1 rings (SSSR count). The van der Waals surface area contributed by atoms with Gasteiger partial charge in [-0.25, -0.2) is 4.98 Å². The molecular formula is C8H11N2O2-. The van der Waals surface area contributed by atoms with Crippen LogP contribution in [0, 0.1) is 6.92 Å². The number of carboxylic acids is 1. The predicted octanol–water partition coefficient (Wildman–Crippen LogP) is -0.278. The third kappa shape index (κ3) is 2.38. The van der Waals surface area contributed by atoms with E-state index < -0.39 is 5.97 Å². The quantitative estimate of drug-likeness (QED) is 0.619. The Labute approximate surface area is 70.9 Å². The molecule has 66 valence electrons. The number of carboxylic acid groups (broad SMARTS) is 1. The number of hydrogen-bond donors (Lipinski definition) is 0. The molecule has 0 N–H and O–H groups in total. The maximum absolute atomic E-state index is 10.1. The second kappa shape index (κ2) is 3.90. The lowest BCUT2D eigenvalue weighted by Gasteiger charge is -2.04. The predicted molar refractivity (Wildman–Crippen MR) is 41.2 cm³/mol. The first-order chi connectivity index (χ1) is 5.70. The molecule has 0 aromatic carbocycles. The summed E-state index contributed by atoms with van der Waals surface area (Å²) in [5.41, 5.74) is 0. The Morgan fingerprint density at radius 1 is 1.75 bits per heavy atom. The van der Waals surface area contributed by atoms with Crippen LogP contribution in [0.25, 0.3) is 0 Å². The standard InChI is InChI=1S/C8H12N2O2/c1-7-9-4-6-10(7)5-2-3-8(11)12/h4,6H,2-3,5H2,1H3,(H,11,12)/p-1. The lowest BCUT2D eigenvalue weighted by atomic mass is 10.3. The fraction of sp³-hybridized carbons (Fsp3) is 0.500. The second-order valence-electron chi connectivity index (χ2n) is 2.64. The van der Waals surface area contributed by atoms with Crippen molar-refractivity contribution >= 4 is 5.97 Å². The van der Waals surface area contributed by atoms with Gasteiger partial charge in [0.2, 0.25) is 0 Å². The SMILES string of the molecule is Cc1nccn1CCCC(=O)[O-]. The summed E-state index contributed by atoms with van der Waals surface area (Å²) in [5, 5.41) is 10.1. The molecule has 0 saturated carbocycles. The third-order valence-electron chi connectivity index (χ3n) is 1.70. The number of aromatic nitrogens is 2. The Hall–Kier alpha value is -1.32. The minimum absolute atomic E-state index is 0.109.